The molecule has 1 aliphatic heterocycles. The number of hydrogen-bond acceptors (Lipinski definition) is 5. The van der Waals surface area contributed by atoms with Crippen LogP contribution in [0.25, 0.3) is 22.5 Å². The maximum Gasteiger partial charge on any atom is 0.192 e. The van der Waals surface area contributed by atoms with E-state index in [4.69, 9.17) is 4.74 Å². The molecule has 0 spiro atoms. The van der Waals surface area contributed by atoms with Crippen molar-refractivity contribution in [2.24, 2.45) is 0 Å². The second kappa shape index (κ2) is 9.40. The van der Waals surface area contributed by atoms with Crippen molar-refractivity contribution in [3.63, 3.8) is 0 Å². The molecule has 0 bridgehead atoms. The van der Waals surface area contributed by atoms with E-state index in [1.165, 1.54) is 40.6 Å². The number of fused-ring (bicyclic) bond motifs is 3. The highest BCUT2D eigenvalue weighted by molar-refractivity contribution is 7.99. The molecule has 3 aromatic carbocycles. The van der Waals surface area contributed by atoms with Crippen LogP contribution in [-0.2, 0) is 17.7 Å². The summed E-state index contributed by atoms with van der Waals surface area (Å²) in [6.07, 6.45) is 2.99. The van der Waals surface area contributed by atoms with Gasteiger partial charge < -0.3 is 4.74 Å². The number of rotatable bonds is 7. The summed E-state index contributed by atoms with van der Waals surface area (Å²) < 4.78 is 21.3. The summed E-state index contributed by atoms with van der Waals surface area (Å²) in [4.78, 5) is 13.2. The lowest BCUT2D eigenvalue weighted by Gasteiger charge is -2.14. The fourth-order valence-electron chi connectivity index (χ4n) is 4.88. The standard InChI is InChI=1S/C28H24FN3O2S/c29-22-11-9-18(10-12-22)27-30-31-28(32(27)16-23-5-3-13-34-23)35-17-26(33)21-8-7-20-14-19-4-1-2-6-24(19)25(20)15-21/h1-2,4,6-12,15,23H,3,5,13-14,16-17H2/t23-/m1/s1. The fraction of sp³-hybridized carbons (Fsp3) is 0.250. The van der Waals surface area contributed by atoms with Crippen molar-refractivity contribution in [1.82, 2.24) is 14.8 Å². The summed E-state index contributed by atoms with van der Waals surface area (Å²) in [7, 11) is 0. The Balaban J connectivity index is 1.23. The van der Waals surface area contributed by atoms with Crippen LogP contribution in [0.5, 0.6) is 0 Å². The summed E-state index contributed by atoms with van der Waals surface area (Å²) in [5.74, 6) is 0.672. The van der Waals surface area contributed by atoms with Gasteiger partial charge >= 0.3 is 0 Å². The van der Waals surface area contributed by atoms with Crippen LogP contribution >= 0.6 is 11.8 Å². The van der Waals surface area contributed by atoms with Crippen molar-refractivity contribution in [1.29, 1.82) is 0 Å². The van der Waals surface area contributed by atoms with Gasteiger partial charge in [-0.25, -0.2) is 4.39 Å². The molecular formula is C28H24FN3O2S. The largest absolute Gasteiger partial charge is 0.376 e. The molecule has 2 aliphatic rings. The number of ether oxygens (including phenoxy) is 1. The summed E-state index contributed by atoms with van der Waals surface area (Å²) in [5.41, 5.74) is 6.42. The van der Waals surface area contributed by atoms with Gasteiger partial charge in [-0.05, 0) is 71.8 Å². The predicted molar refractivity (Wildman–Crippen MR) is 134 cm³/mol. The number of aromatic nitrogens is 3. The van der Waals surface area contributed by atoms with E-state index >= 15 is 0 Å². The fourth-order valence-corrected chi connectivity index (χ4v) is 5.72. The van der Waals surface area contributed by atoms with Crippen LogP contribution in [0.3, 0.4) is 0 Å². The molecule has 2 heterocycles. The van der Waals surface area contributed by atoms with Gasteiger partial charge in [0, 0.05) is 17.7 Å². The third-order valence-electron chi connectivity index (χ3n) is 6.68. The Morgan fingerprint density at radius 3 is 2.69 bits per heavy atom. The minimum Gasteiger partial charge on any atom is -0.376 e. The van der Waals surface area contributed by atoms with Crippen LogP contribution in [-0.4, -0.2) is 39.0 Å². The van der Waals surface area contributed by atoms with Crippen LogP contribution in [0.2, 0.25) is 0 Å². The number of benzene rings is 3. The quantitative estimate of drug-likeness (QED) is 0.215. The van der Waals surface area contributed by atoms with Crippen molar-refractivity contribution >= 4 is 17.5 Å². The van der Waals surface area contributed by atoms with E-state index in [2.05, 4.69) is 34.5 Å². The number of hydrogen-bond donors (Lipinski definition) is 0. The molecular weight excluding hydrogens is 461 g/mol. The van der Waals surface area contributed by atoms with Crippen molar-refractivity contribution in [3.05, 3.63) is 89.2 Å². The Morgan fingerprint density at radius 2 is 1.86 bits per heavy atom. The first-order chi connectivity index (χ1) is 17.2. The minimum atomic E-state index is -0.295. The van der Waals surface area contributed by atoms with Gasteiger partial charge in [-0.1, -0.05) is 48.2 Å². The lowest BCUT2D eigenvalue weighted by atomic mass is 10.0. The Hall–Kier alpha value is -3.29. The third kappa shape index (κ3) is 4.42. The molecule has 176 valence electrons. The SMILES string of the molecule is O=C(CSc1nnc(-c2ccc(F)cc2)n1C[C@H]1CCCO1)c1ccc2c(c1)-c1ccccc1C2. The zero-order valence-corrected chi connectivity index (χ0v) is 19.9. The van der Waals surface area contributed by atoms with E-state index in [1.54, 1.807) is 12.1 Å². The zero-order valence-electron chi connectivity index (χ0n) is 19.1. The smallest absolute Gasteiger partial charge is 0.192 e. The molecule has 7 heteroatoms. The highest BCUT2D eigenvalue weighted by Crippen LogP contribution is 2.37. The monoisotopic (exact) mass is 485 g/mol. The van der Waals surface area contributed by atoms with Crippen molar-refractivity contribution in [2.75, 3.05) is 12.4 Å². The number of halogens is 1. The highest BCUT2D eigenvalue weighted by atomic mass is 32.2. The van der Waals surface area contributed by atoms with Gasteiger partial charge in [0.05, 0.1) is 18.4 Å². The molecule has 0 N–H and O–H groups in total. The Kier molecular flexibility index (Phi) is 5.96. The summed E-state index contributed by atoms with van der Waals surface area (Å²) in [6.45, 7) is 1.35. The van der Waals surface area contributed by atoms with E-state index in [0.29, 0.717) is 23.1 Å². The molecule has 4 aromatic rings. The van der Waals surface area contributed by atoms with Crippen LogP contribution in [0.15, 0.2) is 71.9 Å². The van der Waals surface area contributed by atoms with E-state index in [9.17, 15) is 9.18 Å². The molecule has 1 fully saturated rings. The summed E-state index contributed by atoms with van der Waals surface area (Å²) >= 11 is 1.38. The molecule has 0 unspecified atom stereocenters. The molecule has 1 atom stereocenters. The minimum absolute atomic E-state index is 0.0529. The first kappa shape index (κ1) is 22.2. The number of carbonyl (C=O) groups excluding carboxylic acids is 1. The van der Waals surface area contributed by atoms with Crippen LogP contribution < -0.4 is 0 Å². The molecule has 0 amide bonds. The maximum absolute atomic E-state index is 13.5. The number of ketones is 1. The number of thioether (sulfide) groups is 1. The third-order valence-corrected chi connectivity index (χ3v) is 7.65. The van der Waals surface area contributed by atoms with Gasteiger partial charge in [0.25, 0.3) is 0 Å². The van der Waals surface area contributed by atoms with Crippen molar-refractivity contribution in [2.45, 2.75) is 37.1 Å². The number of Topliss-reactive ketones (excluding diaryl/α,β-unsaturated/α-hetero) is 1. The Labute approximate surface area is 207 Å². The topological polar surface area (TPSA) is 57.0 Å². The molecule has 5 nitrogen and oxygen atoms in total. The first-order valence-electron chi connectivity index (χ1n) is 11.8. The predicted octanol–water partition coefficient (Wildman–Crippen LogP) is 5.81. The average molecular weight is 486 g/mol. The Bertz CT molecular complexity index is 1390. The Morgan fingerprint density at radius 1 is 1.03 bits per heavy atom. The summed E-state index contributed by atoms with van der Waals surface area (Å²) in [6, 6.07) is 20.6. The second-order valence-corrected chi connectivity index (χ2v) is 9.92. The van der Waals surface area contributed by atoms with E-state index < -0.39 is 0 Å². The molecule has 1 aromatic heterocycles. The van der Waals surface area contributed by atoms with Crippen molar-refractivity contribution < 1.29 is 13.9 Å². The lowest BCUT2D eigenvalue weighted by Crippen LogP contribution is -2.17. The van der Waals surface area contributed by atoms with Gasteiger partial charge in [-0.2, -0.15) is 0 Å². The van der Waals surface area contributed by atoms with E-state index in [-0.39, 0.29) is 23.5 Å². The number of carbonyl (C=O) groups is 1. The second-order valence-electron chi connectivity index (χ2n) is 8.98. The highest BCUT2D eigenvalue weighted by Gasteiger charge is 2.23. The van der Waals surface area contributed by atoms with Crippen molar-refractivity contribution in [3.8, 4) is 22.5 Å². The van der Waals surface area contributed by atoms with E-state index in [0.717, 1.165) is 37.0 Å². The van der Waals surface area contributed by atoms with Gasteiger partial charge in [0.2, 0.25) is 0 Å². The molecule has 1 saturated heterocycles. The molecule has 0 radical (unpaired) electrons. The molecule has 1 aliphatic carbocycles. The molecule has 35 heavy (non-hydrogen) atoms. The first-order valence-corrected chi connectivity index (χ1v) is 12.8. The average Bonchev–Trinajstić information content (AvgIpc) is 3.62. The number of nitrogens with zero attached hydrogens (tertiary/aromatic N) is 3. The maximum atomic E-state index is 13.5. The van der Waals surface area contributed by atoms with Crippen LogP contribution in [0, 0.1) is 5.82 Å². The van der Waals surface area contributed by atoms with Gasteiger partial charge in [0.15, 0.2) is 16.8 Å². The van der Waals surface area contributed by atoms with E-state index in [1.807, 2.05) is 22.8 Å². The van der Waals surface area contributed by atoms with Gasteiger partial charge in [0.1, 0.15) is 5.82 Å². The van der Waals surface area contributed by atoms with Gasteiger partial charge in [-0.15, -0.1) is 10.2 Å². The van der Waals surface area contributed by atoms with Crippen LogP contribution in [0.1, 0.15) is 34.3 Å². The van der Waals surface area contributed by atoms with Crippen LogP contribution in [0.4, 0.5) is 4.39 Å². The molecule has 0 saturated carbocycles. The summed E-state index contributed by atoms with van der Waals surface area (Å²) in [5, 5.41) is 9.43. The zero-order chi connectivity index (χ0) is 23.8. The molecule has 6 rings (SSSR count). The van der Waals surface area contributed by atoms with Gasteiger partial charge in [-0.3, -0.25) is 9.36 Å². The normalized spacial score (nSPS) is 16.3. The lowest BCUT2D eigenvalue weighted by molar-refractivity contribution is 0.0953.